The molecule has 1 nitrogen and oxygen atoms in total. The SMILES string of the molecule is CC(CO)C1=C2C(CCCC2(C)C)C(C)(C)CC1. The van der Waals surface area contributed by atoms with E-state index in [0.29, 0.717) is 23.4 Å². The van der Waals surface area contributed by atoms with E-state index in [-0.39, 0.29) is 0 Å². The number of hydrogen-bond acceptors (Lipinski definition) is 1. The minimum Gasteiger partial charge on any atom is -0.396 e. The van der Waals surface area contributed by atoms with Crippen LogP contribution in [0.25, 0.3) is 0 Å². The molecule has 0 saturated heterocycles. The highest BCUT2D eigenvalue weighted by molar-refractivity contribution is 5.31. The Morgan fingerprint density at radius 1 is 1.22 bits per heavy atom. The highest BCUT2D eigenvalue weighted by Gasteiger charge is 2.45. The first-order valence-electron chi connectivity index (χ1n) is 7.64. The second kappa shape index (κ2) is 4.67. The summed E-state index contributed by atoms with van der Waals surface area (Å²) in [6.45, 7) is 12.2. The maximum atomic E-state index is 9.54. The molecule has 1 heteroatoms. The standard InChI is InChI=1S/C17H30O/c1-12(11-18)13-8-10-16(2,3)14-7-6-9-17(4,5)15(13)14/h12,14,18H,6-11H2,1-5H3. The molecule has 0 aromatic carbocycles. The Balaban J connectivity index is 2.49. The van der Waals surface area contributed by atoms with E-state index in [0.717, 1.165) is 5.92 Å². The van der Waals surface area contributed by atoms with E-state index in [4.69, 9.17) is 0 Å². The van der Waals surface area contributed by atoms with Crippen molar-refractivity contribution in [1.29, 1.82) is 0 Å². The van der Waals surface area contributed by atoms with E-state index in [1.54, 1.807) is 11.1 Å². The summed E-state index contributed by atoms with van der Waals surface area (Å²) < 4.78 is 0. The molecule has 1 saturated carbocycles. The molecule has 2 aliphatic rings. The van der Waals surface area contributed by atoms with E-state index < -0.39 is 0 Å². The van der Waals surface area contributed by atoms with Crippen LogP contribution in [0.15, 0.2) is 11.1 Å². The third-order valence-electron chi connectivity index (χ3n) is 5.57. The van der Waals surface area contributed by atoms with Crippen LogP contribution >= 0.6 is 0 Å². The van der Waals surface area contributed by atoms with Gasteiger partial charge in [-0.1, -0.05) is 52.2 Å². The van der Waals surface area contributed by atoms with Gasteiger partial charge in [-0.2, -0.15) is 0 Å². The molecule has 2 aliphatic carbocycles. The van der Waals surface area contributed by atoms with Crippen molar-refractivity contribution in [2.45, 2.75) is 66.7 Å². The topological polar surface area (TPSA) is 20.2 Å². The number of rotatable bonds is 2. The molecule has 1 fully saturated rings. The molecular weight excluding hydrogens is 220 g/mol. The zero-order valence-electron chi connectivity index (χ0n) is 12.8. The van der Waals surface area contributed by atoms with Gasteiger partial charge in [0.15, 0.2) is 0 Å². The van der Waals surface area contributed by atoms with Crippen molar-refractivity contribution in [3.8, 4) is 0 Å². The van der Waals surface area contributed by atoms with Crippen LogP contribution in [0.5, 0.6) is 0 Å². The van der Waals surface area contributed by atoms with Crippen LogP contribution in [0.1, 0.15) is 66.7 Å². The third kappa shape index (κ3) is 2.27. The van der Waals surface area contributed by atoms with Gasteiger partial charge in [0.1, 0.15) is 0 Å². The summed E-state index contributed by atoms with van der Waals surface area (Å²) in [7, 11) is 0. The second-order valence-corrected chi connectivity index (χ2v) is 7.84. The molecule has 0 heterocycles. The van der Waals surface area contributed by atoms with Crippen molar-refractivity contribution >= 4 is 0 Å². The van der Waals surface area contributed by atoms with Crippen LogP contribution in [-0.4, -0.2) is 11.7 Å². The number of aliphatic hydroxyl groups is 1. The molecule has 0 spiro atoms. The van der Waals surface area contributed by atoms with Crippen LogP contribution in [0, 0.1) is 22.7 Å². The second-order valence-electron chi connectivity index (χ2n) is 7.84. The zero-order chi connectivity index (χ0) is 13.6. The quantitative estimate of drug-likeness (QED) is 0.712. The van der Waals surface area contributed by atoms with Crippen LogP contribution < -0.4 is 0 Å². The Morgan fingerprint density at radius 2 is 1.89 bits per heavy atom. The van der Waals surface area contributed by atoms with E-state index in [1.807, 2.05) is 0 Å². The first-order chi connectivity index (χ1) is 8.29. The first kappa shape index (κ1) is 14.1. The number of fused-ring (bicyclic) bond motifs is 1. The van der Waals surface area contributed by atoms with Crippen molar-refractivity contribution in [2.75, 3.05) is 6.61 Å². The monoisotopic (exact) mass is 250 g/mol. The Kier molecular flexibility index (Phi) is 3.66. The van der Waals surface area contributed by atoms with Gasteiger partial charge in [-0.15, -0.1) is 0 Å². The van der Waals surface area contributed by atoms with Crippen molar-refractivity contribution in [3.63, 3.8) is 0 Å². The van der Waals surface area contributed by atoms with E-state index in [1.165, 1.54) is 32.1 Å². The summed E-state index contributed by atoms with van der Waals surface area (Å²) in [5, 5.41) is 9.54. The minimum absolute atomic E-state index is 0.308. The lowest BCUT2D eigenvalue weighted by Gasteiger charge is -2.51. The van der Waals surface area contributed by atoms with Crippen molar-refractivity contribution in [2.24, 2.45) is 22.7 Å². The summed E-state index contributed by atoms with van der Waals surface area (Å²) in [6, 6.07) is 0. The molecule has 104 valence electrons. The van der Waals surface area contributed by atoms with Gasteiger partial charge in [-0.05, 0) is 42.4 Å². The molecule has 18 heavy (non-hydrogen) atoms. The smallest absolute Gasteiger partial charge is 0.0493 e. The largest absolute Gasteiger partial charge is 0.396 e. The maximum Gasteiger partial charge on any atom is 0.0493 e. The summed E-state index contributed by atoms with van der Waals surface area (Å²) in [6.07, 6.45) is 6.52. The first-order valence-corrected chi connectivity index (χ1v) is 7.64. The molecule has 0 aromatic heterocycles. The van der Waals surface area contributed by atoms with E-state index >= 15 is 0 Å². The van der Waals surface area contributed by atoms with Crippen molar-refractivity contribution < 1.29 is 5.11 Å². The van der Waals surface area contributed by atoms with Gasteiger partial charge in [-0.25, -0.2) is 0 Å². The minimum atomic E-state index is 0.308. The third-order valence-corrected chi connectivity index (χ3v) is 5.57. The van der Waals surface area contributed by atoms with Gasteiger partial charge in [0.05, 0.1) is 0 Å². The lowest BCUT2D eigenvalue weighted by molar-refractivity contribution is 0.122. The molecule has 0 aliphatic heterocycles. The Bertz CT molecular complexity index is 349. The molecule has 0 amide bonds. The summed E-state index contributed by atoms with van der Waals surface area (Å²) in [5.41, 5.74) is 4.10. The summed E-state index contributed by atoms with van der Waals surface area (Å²) in [5.74, 6) is 1.11. The molecule has 0 bridgehead atoms. The van der Waals surface area contributed by atoms with E-state index in [9.17, 15) is 5.11 Å². The number of aliphatic hydroxyl groups excluding tert-OH is 1. The fourth-order valence-corrected chi connectivity index (χ4v) is 4.33. The molecule has 0 radical (unpaired) electrons. The molecule has 0 aromatic rings. The average Bonchev–Trinajstić information content (AvgIpc) is 2.28. The van der Waals surface area contributed by atoms with Crippen molar-refractivity contribution in [3.05, 3.63) is 11.1 Å². The fourth-order valence-electron chi connectivity index (χ4n) is 4.33. The lowest BCUT2D eigenvalue weighted by atomic mass is 9.54. The maximum absolute atomic E-state index is 9.54. The van der Waals surface area contributed by atoms with Gasteiger partial charge in [0.2, 0.25) is 0 Å². The van der Waals surface area contributed by atoms with Gasteiger partial charge in [-0.3, -0.25) is 0 Å². The van der Waals surface area contributed by atoms with E-state index in [2.05, 4.69) is 34.6 Å². The van der Waals surface area contributed by atoms with Crippen LogP contribution in [0.3, 0.4) is 0 Å². The van der Waals surface area contributed by atoms with Gasteiger partial charge in [0.25, 0.3) is 0 Å². The average molecular weight is 250 g/mol. The van der Waals surface area contributed by atoms with Crippen LogP contribution in [0.4, 0.5) is 0 Å². The Hall–Kier alpha value is -0.300. The number of allylic oxidation sites excluding steroid dienone is 1. The molecule has 2 rings (SSSR count). The van der Waals surface area contributed by atoms with Gasteiger partial charge >= 0.3 is 0 Å². The van der Waals surface area contributed by atoms with Gasteiger partial charge < -0.3 is 5.11 Å². The summed E-state index contributed by atoms with van der Waals surface area (Å²) >= 11 is 0. The van der Waals surface area contributed by atoms with Crippen LogP contribution in [-0.2, 0) is 0 Å². The normalized spacial score (nSPS) is 32.0. The molecular formula is C17H30O. The Morgan fingerprint density at radius 3 is 2.50 bits per heavy atom. The van der Waals surface area contributed by atoms with Gasteiger partial charge in [0, 0.05) is 12.5 Å². The highest BCUT2D eigenvalue weighted by atomic mass is 16.3. The number of hydrogen-bond donors (Lipinski definition) is 1. The zero-order valence-corrected chi connectivity index (χ0v) is 12.8. The predicted molar refractivity (Wildman–Crippen MR) is 77.4 cm³/mol. The van der Waals surface area contributed by atoms with Crippen LogP contribution in [0.2, 0.25) is 0 Å². The fraction of sp³-hybridized carbons (Fsp3) is 0.882. The molecule has 2 unspecified atom stereocenters. The molecule has 2 atom stereocenters. The Labute approximate surface area is 113 Å². The molecule has 1 N–H and O–H groups in total. The van der Waals surface area contributed by atoms with Crippen molar-refractivity contribution in [1.82, 2.24) is 0 Å². The predicted octanol–water partition coefficient (Wildman–Crippen LogP) is 4.56. The lowest BCUT2D eigenvalue weighted by Crippen LogP contribution is -2.40. The highest BCUT2D eigenvalue weighted by Crippen LogP contribution is 2.57. The summed E-state index contributed by atoms with van der Waals surface area (Å²) in [4.78, 5) is 0.